The number of hydrogen-bond acceptors (Lipinski definition) is 4. The molecule has 4 nitrogen and oxygen atoms in total. The minimum Gasteiger partial charge on any atom is -0.473 e. The van der Waals surface area contributed by atoms with Gasteiger partial charge in [-0.25, -0.2) is 9.97 Å². The molecule has 1 aromatic carbocycles. The number of benzene rings is 1. The zero-order valence-electron chi connectivity index (χ0n) is 10.8. The number of hydrogen-bond donors (Lipinski definition) is 0. The van der Waals surface area contributed by atoms with E-state index in [0.717, 1.165) is 41.4 Å². The van der Waals surface area contributed by atoms with E-state index in [4.69, 9.17) is 4.74 Å². The van der Waals surface area contributed by atoms with Crippen LogP contribution < -0.4 is 4.74 Å². The summed E-state index contributed by atoms with van der Waals surface area (Å²) in [6.45, 7) is 2.16. The fourth-order valence-electron chi connectivity index (χ4n) is 2.30. The van der Waals surface area contributed by atoms with Crippen molar-refractivity contribution < 1.29 is 4.74 Å². The monoisotopic (exact) mass is 321 g/mol. The van der Waals surface area contributed by atoms with E-state index in [1.807, 2.05) is 18.2 Å². The largest absolute Gasteiger partial charge is 0.473 e. The SMILES string of the molecule is CN1CCC(Oc2cnc3ccc(Br)cc3n2)CC1. The molecule has 0 aliphatic carbocycles. The average Bonchev–Trinajstić information content (AvgIpc) is 2.41. The second kappa shape index (κ2) is 5.43. The second-order valence-corrected chi connectivity index (χ2v) is 5.88. The first-order chi connectivity index (χ1) is 9.20. The first-order valence-corrected chi connectivity index (χ1v) is 7.27. The Morgan fingerprint density at radius 2 is 2.05 bits per heavy atom. The van der Waals surface area contributed by atoms with Gasteiger partial charge >= 0.3 is 0 Å². The fraction of sp³-hybridized carbons (Fsp3) is 0.429. The van der Waals surface area contributed by atoms with E-state index in [2.05, 4.69) is 37.8 Å². The number of ether oxygens (including phenoxy) is 1. The molecule has 0 amide bonds. The van der Waals surface area contributed by atoms with Crippen LogP contribution in [0.15, 0.2) is 28.9 Å². The van der Waals surface area contributed by atoms with E-state index in [9.17, 15) is 0 Å². The van der Waals surface area contributed by atoms with E-state index in [1.165, 1.54) is 0 Å². The third-order valence-electron chi connectivity index (χ3n) is 3.44. The van der Waals surface area contributed by atoms with Crippen LogP contribution in [0.2, 0.25) is 0 Å². The normalized spacial score (nSPS) is 17.8. The third-order valence-corrected chi connectivity index (χ3v) is 3.93. The summed E-state index contributed by atoms with van der Waals surface area (Å²) < 4.78 is 6.94. The Morgan fingerprint density at radius 3 is 2.84 bits per heavy atom. The average molecular weight is 322 g/mol. The number of fused-ring (bicyclic) bond motifs is 1. The van der Waals surface area contributed by atoms with E-state index >= 15 is 0 Å². The van der Waals surface area contributed by atoms with Gasteiger partial charge in [0.1, 0.15) is 6.10 Å². The van der Waals surface area contributed by atoms with Crippen LogP contribution in [0.25, 0.3) is 11.0 Å². The molecule has 1 fully saturated rings. The maximum Gasteiger partial charge on any atom is 0.233 e. The molecule has 0 unspecified atom stereocenters. The Bertz CT molecular complexity index is 582. The Morgan fingerprint density at radius 1 is 1.26 bits per heavy atom. The summed E-state index contributed by atoms with van der Waals surface area (Å²) in [4.78, 5) is 11.2. The lowest BCUT2D eigenvalue weighted by molar-refractivity contribution is 0.110. The van der Waals surface area contributed by atoms with Gasteiger partial charge in [0.25, 0.3) is 0 Å². The molecule has 1 saturated heterocycles. The topological polar surface area (TPSA) is 38.2 Å². The van der Waals surface area contributed by atoms with Crippen molar-refractivity contribution in [2.45, 2.75) is 18.9 Å². The Hall–Kier alpha value is -1.20. The molecule has 0 bridgehead atoms. The molecule has 0 atom stereocenters. The van der Waals surface area contributed by atoms with E-state index < -0.39 is 0 Å². The van der Waals surface area contributed by atoms with Gasteiger partial charge in [-0.1, -0.05) is 15.9 Å². The Balaban J connectivity index is 1.77. The van der Waals surface area contributed by atoms with Gasteiger partial charge in [0.05, 0.1) is 17.2 Å². The first kappa shape index (κ1) is 12.8. The molecule has 100 valence electrons. The number of likely N-dealkylation sites (tertiary alicyclic amines) is 1. The van der Waals surface area contributed by atoms with E-state index in [1.54, 1.807) is 6.20 Å². The van der Waals surface area contributed by atoms with Crippen molar-refractivity contribution in [3.63, 3.8) is 0 Å². The van der Waals surface area contributed by atoms with Gasteiger partial charge in [-0.2, -0.15) is 0 Å². The zero-order chi connectivity index (χ0) is 13.2. The van der Waals surface area contributed by atoms with Gasteiger partial charge in [0, 0.05) is 17.6 Å². The van der Waals surface area contributed by atoms with Gasteiger partial charge < -0.3 is 9.64 Å². The van der Waals surface area contributed by atoms with Gasteiger partial charge in [-0.15, -0.1) is 0 Å². The quantitative estimate of drug-likeness (QED) is 0.852. The van der Waals surface area contributed by atoms with Crippen LogP contribution in [0.3, 0.4) is 0 Å². The first-order valence-electron chi connectivity index (χ1n) is 6.48. The minimum absolute atomic E-state index is 0.259. The van der Waals surface area contributed by atoms with Crippen LogP contribution in [0.5, 0.6) is 5.88 Å². The predicted octanol–water partition coefficient (Wildman–Crippen LogP) is 2.87. The molecule has 2 aromatic rings. The lowest BCUT2D eigenvalue weighted by atomic mass is 10.1. The molecule has 19 heavy (non-hydrogen) atoms. The second-order valence-electron chi connectivity index (χ2n) is 4.96. The number of rotatable bonds is 2. The zero-order valence-corrected chi connectivity index (χ0v) is 12.4. The Kier molecular flexibility index (Phi) is 3.66. The molecule has 0 radical (unpaired) electrons. The smallest absolute Gasteiger partial charge is 0.233 e. The van der Waals surface area contributed by atoms with Crippen LogP contribution in [-0.2, 0) is 0 Å². The van der Waals surface area contributed by atoms with Gasteiger partial charge in [0.2, 0.25) is 5.88 Å². The Labute approximate surface area is 120 Å². The lowest BCUT2D eigenvalue weighted by Gasteiger charge is -2.28. The summed E-state index contributed by atoms with van der Waals surface area (Å²) in [5.74, 6) is 0.625. The standard InChI is InChI=1S/C14H16BrN3O/c1-18-6-4-11(5-7-18)19-14-9-16-12-3-2-10(15)8-13(12)17-14/h2-3,8-9,11H,4-7H2,1H3. The van der Waals surface area contributed by atoms with Gasteiger partial charge in [-0.3, -0.25) is 0 Å². The van der Waals surface area contributed by atoms with Crippen molar-refractivity contribution in [2.75, 3.05) is 20.1 Å². The van der Waals surface area contributed by atoms with Crippen molar-refractivity contribution in [1.82, 2.24) is 14.9 Å². The van der Waals surface area contributed by atoms with Crippen LogP contribution >= 0.6 is 15.9 Å². The number of halogens is 1. The molecule has 0 spiro atoms. The van der Waals surface area contributed by atoms with Crippen molar-refractivity contribution in [3.05, 3.63) is 28.9 Å². The van der Waals surface area contributed by atoms with Crippen LogP contribution in [0.4, 0.5) is 0 Å². The molecular formula is C14H16BrN3O. The highest BCUT2D eigenvalue weighted by molar-refractivity contribution is 9.10. The molecule has 0 saturated carbocycles. The van der Waals surface area contributed by atoms with Crippen molar-refractivity contribution >= 4 is 27.0 Å². The molecule has 0 N–H and O–H groups in total. The molecule has 5 heteroatoms. The third kappa shape index (κ3) is 3.04. The van der Waals surface area contributed by atoms with Crippen LogP contribution in [-0.4, -0.2) is 41.1 Å². The molecule has 1 aliphatic rings. The number of nitrogens with zero attached hydrogens (tertiary/aromatic N) is 3. The van der Waals surface area contributed by atoms with Crippen LogP contribution in [0.1, 0.15) is 12.8 Å². The maximum absolute atomic E-state index is 5.94. The highest BCUT2D eigenvalue weighted by Crippen LogP contribution is 2.21. The molecule has 2 heterocycles. The van der Waals surface area contributed by atoms with E-state index in [0.29, 0.717) is 5.88 Å². The summed E-state index contributed by atoms with van der Waals surface area (Å²) in [7, 11) is 2.14. The fourth-order valence-corrected chi connectivity index (χ4v) is 2.65. The van der Waals surface area contributed by atoms with Crippen molar-refractivity contribution in [1.29, 1.82) is 0 Å². The summed E-state index contributed by atoms with van der Waals surface area (Å²) in [5.41, 5.74) is 1.75. The minimum atomic E-state index is 0.259. The highest BCUT2D eigenvalue weighted by Gasteiger charge is 2.18. The molecule has 1 aliphatic heterocycles. The predicted molar refractivity (Wildman–Crippen MR) is 78.4 cm³/mol. The number of aromatic nitrogens is 2. The lowest BCUT2D eigenvalue weighted by Crippen LogP contribution is -2.35. The molecular weight excluding hydrogens is 306 g/mol. The number of piperidine rings is 1. The van der Waals surface area contributed by atoms with Gasteiger partial charge in [-0.05, 0) is 38.1 Å². The summed E-state index contributed by atoms with van der Waals surface area (Å²) in [6.07, 6.45) is 4.08. The summed E-state index contributed by atoms with van der Waals surface area (Å²) >= 11 is 3.45. The van der Waals surface area contributed by atoms with Crippen molar-refractivity contribution in [2.24, 2.45) is 0 Å². The summed E-state index contributed by atoms with van der Waals surface area (Å²) in [6, 6.07) is 5.88. The molecule has 3 rings (SSSR count). The van der Waals surface area contributed by atoms with Crippen molar-refractivity contribution in [3.8, 4) is 5.88 Å². The summed E-state index contributed by atoms with van der Waals surface area (Å²) in [5, 5.41) is 0. The van der Waals surface area contributed by atoms with E-state index in [-0.39, 0.29) is 6.10 Å². The highest BCUT2D eigenvalue weighted by atomic mass is 79.9. The van der Waals surface area contributed by atoms with Crippen LogP contribution in [0, 0.1) is 0 Å². The molecule has 1 aromatic heterocycles. The maximum atomic E-state index is 5.94. The van der Waals surface area contributed by atoms with Gasteiger partial charge in [0.15, 0.2) is 0 Å².